The summed E-state index contributed by atoms with van der Waals surface area (Å²) in [6.07, 6.45) is 0. The molecule has 0 radical (unpaired) electrons. The molecule has 2 N–H and O–H groups in total. The van der Waals surface area contributed by atoms with E-state index >= 15 is 0 Å². The maximum Gasteiger partial charge on any atom is 0.135 e. The Morgan fingerprint density at radius 1 is 1.20 bits per heavy atom. The van der Waals surface area contributed by atoms with E-state index in [1.807, 2.05) is 25.1 Å². The van der Waals surface area contributed by atoms with Crippen molar-refractivity contribution in [1.82, 2.24) is 9.97 Å². The van der Waals surface area contributed by atoms with E-state index in [2.05, 4.69) is 23.8 Å². The van der Waals surface area contributed by atoms with Crippen LogP contribution in [0, 0.1) is 6.92 Å². The first kappa shape index (κ1) is 9.90. The predicted molar refractivity (Wildman–Crippen MR) is 62.8 cm³/mol. The molecule has 0 fully saturated rings. The van der Waals surface area contributed by atoms with Crippen LogP contribution in [0.3, 0.4) is 0 Å². The van der Waals surface area contributed by atoms with E-state index in [-0.39, 0.29) is 0 Å². The summed E-state index contributed by atoms with van der Waals surface area (Å²) in [6, 6.07) is 6.06. The van der Waals surface area contributed by atoms with Crippen LogP contribution >= 0.6 is 0 Å². The van der Waals surface area contributed by atoms with Crippen molar-refractivity contribution in [1.29, 1.82) is 0 Å². The van der Waals surface area contributed by atoms with Crippen LogP contribution in [-0.2, 0) is 0 Å². The van der Waals surface area contributed by atoms with Gasteiger partial charge < -0.3 is 5.73 Å². The SMILES string of the molecule is Cc1ccc2nc(C(C)C)nc(N)c2c1. The molecular weight excluding hydrogens is 186 g/mol. The van der Waals surface area contributed by atoms with Crippen molar-refractivity contribution in [2.24, 2.45) is 0 Å². The topological polar surface area (TPSA) is 51.8 Å². The zero-order chi connectivity index (χ0) is 11.0. The van der Waals surface area contributed by atoms with E-state index in [0.29, 0.717) is 11.7 Å². The summed E-state index contributed by atoms with van der Waals surface area (Å²) >= 11 is 0. The van der Waals surface area contributed by atoms with Crippen LogP contribution in [0.25, 0.3) is 10.9 Å². The number of nitrogen functional groups attached to an aromatic ring is 1. The van der Waals surface area contributed by atoms with Gasteiger partial charge in [-0.3, -0.25) is 0 Å². The van der Waals surface area contributed by atoms with Crippen LogP contribution in [0.5, 0.6) is 0 Å². The van der Waals surface area contributed by atoms with Crippen LogP contribution in [0.2, 0.25) is 0 Å². The first-order valence-electron chi connectivity index (χ1n) is 5.11. The highest BCUT2D eigenvalue weighted by atomic mass is 14.9. The molecule has 78 valence electrons. The van der Waals surface area contributed by atoms with Crippen molar-refractivity contribution >= 4 is 16.7 Å². The van der Waals surface area contributed by atoms with Gasteiger partial charge in [0.2, 0.25) is 0 Å². The fourth-order valence-electron chi connectivity index (χ4n) is 1.54. The van der Waals surface area contributed by atoms with E-state index in [9.17, 15) is 0 Å². The number of nitrogens with zero attached hydrogens (tertiary/aromatic N) is 2. The molecule has 0 saturated carbocycles. The van der Waals surface area contributed by atoms with Crippen LogP contribution in [0.4, 0.5) is 5.82 Å². The van der Waals surface area contributed by atoms with Crippen molar-refractivity contribution in [3.63, 3.8) is 0 Å². The summed E-state index contributed by atoms with van der Waals surface area (Å²) in [4.78, 5) is 8.79. The van der Waals surface area contributed by atoms with Crippen molar-refractivity contribution in [3.8, 4) is 0 Å². The Bertz CT molecular complexity index is 503. The third kappa shape index (κ3) is 1.77. The van der Waals surface area contributed by atoms with Gasteiger partial charge in [0, 0.05) is 11.3 Å². The molecule has 0 saturated heterocycles. The number of rotatable bonds is 1. The summed E-state index contributed by atoms with van der Waals surface area (Å²) in [7, 11) is 0. The summed E-state index contributed by atoms with van der Waals surface area (Å²) in [6.45, 7) is 6.17. The lowest BCUT2D eigenvalue weighted by molar-refractivity contribution is 0.785. The van der Waals surface area contributed by atoms with Crippen LogP contribution < -0.4 is 5.73 Å². The Hall–Kier alpha value is -1.64. The highest BCUT2D eigenvalue weighted by molar-refractivity contribution is 5.88. The predicted octanol–water partition coefficient (Wildman–Crippen LogP) is 2.64. The van der Waals surface area contributed by atoms with Gasteiger partial charge >= 0.3 is 0 Å². The van der Waals surface area contributed by atoms with Gasteiger partial charge in [-0.05, 0) is 19.1 Å². The van der Waals surface area contributed by atoms with Crippen molar-refractivity contribution in [2.75, 3.05) is 5.73 Å². The third-order valence-electron chi connectivity index (χ3n) is 2.41. The second kappa shape index (κ2) is 3.50. The van der Waals surface area contributed by atoms with E-state index in [4.69, 9.17) is 5.73 Å². The molecule has 3 nitrogen and oxygen atoms in total. The second-order valence-corrected chi connectivity index (χ2v) is 4.14. The maximum atomic E-state index is 5.91. The third-order valence-corrected chi connectivity index (χ3v) is 2.41. The highest BCUT2D eigenvalue weighted by Crippen LogP contribution is 2.21. The molecule has 2 rings (SSSR count). The molecule has 0 aliphatic carbocycles. The average molecular weight is 201 g/mol. The van der Waals surface area contributed by atoms with Crippen molar-refractivity contribution in [2.45, 2.75) is 26.7 Å². The second-order valence-electron chi connectivity index (χ2n) is 4.14. The van der Waals surface area contributed by atoms with Gasteiger partial charge in [0.25, 0.3) is 0 Å². The molecule has 0 unspecified atom stereocenters. The molecule has 2 aromatic rings. The minimum atomic E-state index is 0.304. The summed E-state index contributed by atoms with van der Waals surface area (Å²) < 4.78 is 0. The van der Waals surface area contributed by atoms with Gasteiger partial charge in [-0.2, -0.15) is 0 Å². The Kier molecular flexibility index (Phi) is 2.31. The van der Waals surface area contributed by atoms with E-state index in [0.717, 1.165) is 16.7 Å². The molecule has 0 atom stereocenters. The Morgan fingerprint density at radius 3 is 2.60 bits per heavy atom. The molecule has 15 heavy (non-hydrogen) atoms. The highest BCUT2D eigenvalue weighted by Gasteiger charge is 2.07. The maximum absolute atomic E-state index is 5.91. The monoisotopic (exact) mass is 201 g/mol. The molecule has 1 aromatic heterocycles. The molecule has 1 aromatic carbocycles. The minimum Gasteiger partial charge on any atom is -0.383 e. The molecule has 0 bridgehead atoms. The van der Waals surface area contributed by atoms with Crippen molar-refractivity contribution < 1.29 is 0 Å². The lowest BCUT2D eigenvalue weighted by atomic mass is 10.1. The van der Waals surface area contributed by atoms with Crippen molar-refractivity contribution in [3.05, 3.63) is 29.6 Å². The van der Waals surface area contributed by atoms with Crippen LogP contribution in [0.1, 0.15) is 31.2 Å². The largest absolute Gasteiger partial charge is 0.383 e. The quantitative estimate of drug-likeness (QED) is 0.771. The van der Waals surface area contributed by atoms with Crippen LogP contribution in [-0.4, -0.2) is 9.97 Å². The number of aryl methyl sites for hydroxylation is 1. The Labute approximate surface area is 89.4 Å². The summed E-state index contributed by atoms with van der Waals surface area (Å²) in [5, 5.41) is 0.944. The molecule has 3 heteroatoms. The number of fused-ring (bicyclic) bond motifs is 1. The first-order valence-corrected chi connectivity index (χ1v) is 5.11. The molecule has 1 heterocycles. The number of benzene rings is 1. The molecule has 0 amide bonds. The molecule has 0 aliphatic rings. The van der Waals surface area contributed by atoms with E-state index in [1.165, 1.54) is 5.56 Å². The van der Waals surface area contributed by atoms with E-state index < -0.39 is 0 Å². The zero-order valence-electron chi connectivity index (χ0n) is 9.28. The zero-order valence-corrected chi connectivity index (χ0v) is 9.28. The lowest BCUT2D eigenvalue weighted by Crippen LogP contribution is -2.02. The van der Waals surface area contributed by atoms with E-state index in [1.54, 1.807) is 0 Å². The normalized spacial score (nSPS) is 11.2. The molecular formula is C12H15N3. The minimum absolute atomic E-state index is 0.304. The van der Waals surface area contributed by atoms with Gasteiger partial charge in [0.15, 0.2) is 0 Å². The fraction of sp³-hybridized carbons (Fsp3) is 0.333. The van der Waals surface area contributed by atoms with Crippen LogP contribution in [0.15, 0.2) is 18.2 Å². The Balaban J connectivity index is 2.73. The number of hydrogen-bond donors (Lipinski definition) is 1. The average Bonchev–Trinajstić information content (AvgIpc) is 2.18. The number of aromatic nitrogens is 2. The first-order chi connectivity index (χ1) is 7.08. The van der Waals surface area contributed by atoms with Gasteiger partial charge in [0.05, 0.1) is 5.52 Å². The fourth-order valence-corrected chi connectivity index (χ4v) is 1.54. The smallest absolute Gasteiger partial charge is 0.135 e. The Morgan fingerprint density at radius 2 is 1.93 bits per heavy atom. The summed E-state index contributed by atoms with van der Waals surface area (Å²) in [5.41, 5.74) is 8.02. The van der Waals surface area contributed by atoms with Gasteiger partial charge in [-0.15, -0.1) is 0 Å². The summed E-state index contributed by atoms with van der Waals surface area (Å²) in [5.74, 6) is 1.69. The van der Waals surface area contributed by atoms with Gasteiger partial charge in [0.1, 0.15) is 11.6 Å². The lowest BCUT2D eigenvalue weighted by Gasteiger charge is -2.07. The standard InChI is InChI=1S/C12H15N3/c1-7(2)12-14-10-5-4-8(3)6-9(10)11(13)15-12/h4-7H,1-3H3,(H2,13,14,15). The number of nitrogens with two attached hydrogens (primary N) is 1. The number of anilines is 1. The van der Waals surface area contributed by atoms with Gasteiger partial charge in [-0.1, -0.05) is 25.5 Å². The molecule has 0 spiro atoms. The number of hydrogen-bond acceptors (Lipinski definition) is 3. The molecule has 0 aliphatic heterocycles. The van der Waals surface area contributed by atoms with Gasteiger partial charge in [-0.25, -0.2) is 9.97 Å².